The molecule has 0 spiro atoms. The van der Waals surface area contributed by atoms with Crippen LogP contribution >= 0.6 is 0 Å². The second-order valence-corrected chi connectivity index (χ2v) is 5.99. The first-order valence-electron chi connectivity index (χ1n) is 8.02. The standard InChI is InChI=1S/C17H22FN3O/c18-13-6-7-16-15(10-13)12(11-20-16)8-9-19-17(22)21-14-4-2-1-3-5-14/h6-7,10-11,14,20H,1-5,8-9H2,(H2,19,21,22). The Balaban J connectivity index is 1.49. The lowest BCUT2D eigenvalue weighted by atomic mass is 9.96. The maximum atomic E-state index is 13.3. The average molecular weight is 303 g/mol. The fourth-order valence-corrected chi connectivity index (χ4v) is 3.15. The van der Waals surface area contributed by atoms with Crippen molar-refractivity contribution in [3.63, 3.8) is 0 Å². The van der Waals surface area contributed by atoms with Crippen LogP contribution in [0, 0.1) is 5.82 Å². The molecule has 3 rings (SSSR count). The zero-order chi connectivity index (χ0) is 15.4. The third-order valence-electron chi connectivity index (χ3n) is 4.35. The fraction of sp³-hybridized carbons (Fsp3) is 0.471. The Morgan fingerprint density at radius 2 is 2.09 bits per heavy atom. The zero-order valence-corrected chi connectivity index (χ0v) is 12.6. The zero-order valence-electron chi connectivity index (χ0n) is 12.6. The summed E-state index contributed by atoms with van der Waals surface area (Å²) in [5, 5.41) is 6.80. The summed E-state index contributed by atoms with van der Waals surface area (Å²) >= 11 is 0. The van der Waals surface area contributed by atoms with Gasteiger partial charge in [-0.3, -0.25) is 0 Å². The number of aromatic nitrogens is 1. The van der Waals surface area contributed by atoms with Gasteiger partial charge in [0.15, 0.2) is 0 Å². The lowest BCUT2D eigenvalue weighted by molar-refractivity contribution is 0.233. The van der Waals surface area contributed by atoms with Gasteiger partial charge in [-0.05, 0) is 43.0 Å². The van der Waals surface area contributed by atoms with Crippen LogP contribution in [0.3, 0.4) is 0 Å². The molecule has 4 nitrogen and oxygen atoms in total. The summed E-state index contributed by atoms with van der Waals surface area (Å²) in [6.45, 7) is 0.544. The van der Waals surface area contributed by atoms with Crippen molar-refractivity contribution >= 4 is 16.9 Å². The predicted octanol–water partition coefficient (Wildman–Crippen LogP) is 3.48. The molecule has 118 valence electrons. The molecular formula is C17H22FN3O. The highest BCUT2D eigenvalue weighted by molar-refractivity contribution is 5.83. The van der Waals surface area contributed by atoms with E-state index in [2.05, 4.69) is 15.6 Å². The number of benzene rings is 1. The van der Waals surface area contributed by atoms with Gasteiger partial charge in [0.25, 0.3) is 0 Å². The molecule has 1 aliphatic carbocycles. The number of H-pyrrole nitrogens is 1. The van der Waals surface area contributed by atoms with E-state index in [0.29, 0.717) is 19.0 Å². The molecule has 3 N–H and O–H groups in total. The molecule has 0 bridgehead atoms. The van der Waals surface area contributed by atoms with E-state index in [9.17, 15) is 9.18 Å². The Morgan fingerprint density at radius 1 is 1.27 bits per heavy atom. The van der Waals surface area contributed by atoms with Crippen LogP contribution in [0.4, 0.5) is 9.18 Å². The monoisotopic (exact) mass is 303 g/mol. The Bertz CT molecular complexity index is 646. The van der Waals surface area contributed by atoms with E-state index in [1.165, 1.54) is 31.4 Å². The number of rotatable bonds is 4. The van der Waals surface area contributed by atoms with Crippen LogP contribution in [0.2, 0.25) is 0 Å². The van der Waals surface area contributed by atoms with Crippen molar-refractivity contribution in [2.45, 2.75) is 44.6 Å². The van der Waals surface area contributed by atoms with E-state index >= 15 is 0 Å². The van der Waals surface area contributed by atoms with E-state index < -0.39 is 0 Å². The molecule has 1 fully saturated rings. The minimum absolute atomic E-state index is 0.0991. The summed E-state index contributed by atoms with van der Waals surface area (Å²) in [5.74, 6) is -0.239. The van der Waals surface area contributed by atoms with Crippen LogP contribution in [0.5, 0.6) is 0 Å². The van der Waals surface area contributed by atoms with Gasteiger partial charge in [0.2, 0.25) is 0 Å². The minimum atomic E-state index is -0.239. The number of hydrogen-bond acceptors (Lipinski definition) is 1. The Kier molecular flexibility index (Phi) is 4.61. The molecule has 1 aromatic heterocycles. The summed E-state index contributed by atoms with van der Waals surface area (Å²) in [6, 6.07) is 4.92. The molecule has 0 aliphatic heterocycles. The lowest BCUT2D eigenvalue weighted by Crippen LogP contribution is -2.43. The van der Waals surface area contributed by atoms with Gasteiger partial charge >= 0.3 is 6.03 Å². The Hall–Kier alpha value is -2.04. The number of carbonyl (C=O) groups is 1. The van der Waals surface area contributed by atoms with Gasteiger partial charge in [0.1, 0.15) is 5.82 Å². The van der Waals surface area contributed by atoms with E-state index in [0.717, 1.165) is 29.3 Å². The highest BCUT2D eigenvalue weighted by Gasteiger charge is 2.15. The molecular weight excluding hydrogens is 281 g/mol. The van der Waals surface area contributed by atoms with Crippen LogP contribution < -0.4 is 10.6 Å². The van der Waals surface area contributed by atoms with E-state index in [1.54, 1.807) is 6.07 Å². The van der Waals surface area contributed by atoms with E-state index in [1.807, 2.05) is 6.20 Å². The number of urea groups is 1. The third kappa shape index (κ3) is 3.59. The number of fused-ring (bicyclic) bond motifs is 1. The maximum Gasteiger partial charge on any atom is 0.315 e. The number of amides is 2. The van der Waals surface area contributed by atoms with Crippen molar-refractivity contribution in [1.29, 1.82) is 0 Å². The first-order valence-corrected chi connectivity index (χ1v) is 8.02. The van der Waals surface area contributed by atoms with Crippen molar-refractivity contribution in [2.24, 2.45) is 0 Å². The molecule has 2 amide bonds. The second kappa shape index (κ2) is 6.81. The highest BCUT2D eigenvalue weighted by atomic mass is 19.1. The van der Waals surface area contributed by atoms with Crippen LogP contribution in [-0.4, -0.2) is 23.6 Å². The smallest absolute Gasteiger partial charge is 0.315 e. The summed E-state index contributed by atoms with van der Waals surface area (Å²) in [6.07, 6.45) is 8.39. The second-order valence-electron chi connectivity index (χ2n) is 5.99. The van der Waals surface area contributed by atoms with Crippen LogP contribution in [0.25, 0.3) is 10.9 Å². The molecule has 1 aliphatic rings. The Labute approximate surface area is 129 Å². The normalized spacial score (nSPS) is 15.9. The van der Waals surface area contributed by atoms with Crippen LogP contribution in [0.15, 0.2) is 24.4 Å². The number of nitrogens with one attached hydrogen (secondary N) is 3. The number of carbonyl (C=O) groups excluding carboxylic acids is 1. The van der Waals surface area contributed by atoms with Crippen LogP contribution in [-0.2, 0) is 6.42 Å². The number of aromatic amines is 1. The van der Waals surface area contributed by atoms with Crippen molar-refractivity contribution in [3.8, 4) is 0 Å². The molecule has 0 saturated heterocycles. The molecule has 22 heavy (non-hydrogen) atoms. The van der Waals surface area contributed by atoms with E-state index in [4.69, 9.17) is 0 Å². The SMILES string of the molecule is O=C(NCCc1c[nH]c2ccc(F)cc12)NC1CCCCC1. The molecule has 1 heterocycles. The quantitative estimate of drug-likeness (QED) is 0.795. The fourth-order valence-electron chi connectivity index (χ4n) is 3.15. The van der Waals surface area contributed by atoms with Crippen molar-refractivity contribution < 1.29 is 9.18 Å². The van der Waals surface area contributed by atoms with E-state index in [-0.39, 0.29) is 11.8 Å². The largest absolute Gasteiger partial charge is 0.361 e. The Morgan fingerprint density at radius 3 is 2.91 bits per heavy atom. The average Bonchev–Trinajstić information content (AvgIpc) is 2.91. The summed E-state index contributed by atoms with van der Waals surface area (Å²) in [5.41, 5.74) is 1.94. The summed E-state index contributed by atoms with van der Waals surface area (Å²) in [4.78, 5) is 15.0. The van der Waals surface area contributed by atoms with Gasteiger partial charge in [-0.1, -0.05) is 19.3 Å². The minimum Gasteiger partial charge on any atom is -0.361 e. The van der Waals surface area contributed by atoms with Crippen molar-refractivity contribution in [3.05, 3.63) is 35.8 Å². The molecule has 1 saturated carbocycles. The first-order chi connectivity index (χ1) is 10.7. The van der Waals surface area contributed by atoms with Gasteiger partial charge in [0, 0.05) is 29.7 Å². The number of halogens is 1. The molecule has 2 aromatic rings. The first kappa shape index (κ1) is 14.9. The third-order valence-corrected chi connectivity index (χ3v) is 4.35. The van der Waals surface area contributed by atoms with Crippen molar-refractivity contribution in [1.82, 2.24) is 15.6 Å². The highest BCUT2D eigenvalue weighted by Crippen LogP contribution is 2.19. The van der Waals surface area contributed by atoms with Gasteiger partial charge < -0.3 is 15.6 Å². The maximum absolute atomic E-state index is 13.3. The molecule has 5 heteroatoms. The summed E-state index contributed by atoms with van der Waals surface area (Å²) < 4.78 is 13.3. The van der Waals surface area contributed by atoms with Gasteiger partial charge in [-0.2, -0.15) is 0 Å². The van der Waals surface area contributed by atoms with Gasteiger partial charge in [-0.15, -0.1) is 0 Å². The van der Waals surface area contributed by atoms with Crippen molar-refractivity contribution in [2.75, 3.05) is 6.54 Å². The molecule has 0 unspecified atom stereocenters. The topological polar surface area (TPSA) is 56.9 Å². The van der Waals surface area contributed by atoms with Gasteiger partial charge in [-0.25, -0.2) is 9.18 Å². The number of hydrogen-bond donors (Lipinski definition) is 3. The molecule has 1 aromatic carbocycles. The lowest BCUT2D eigenvalue weighted by Gasteiger charge is -2.22. The van der Waals surface area contributed by atoms with Gasteiger partial charge in [0.05, 0.1) is 0 Å². The molecule has 0 radical (unpaired) electrons. The predicted molar refractivity (Wildman–Crippen MR) is 85.4 cm³/mol. The molecule has 0 atom stereocenters. The summed E-state index contributed by atoms with van der Waals surface area (Å²) in [7, 11) is 0. The van der Waals surface area contributed by atoms with Crippen LogP contribution in [0.1, 0.15) is 37.7 Å².